The minimum Gasteiger partial charge on any atom is -0.333 e. The summed E-state index contributed by atoms with van der Waals surface area (Å²) in [7, 11) is 1.97. The van der Waals surface area contributed by atoms with Gasteiger partial charge in [-0.3, -0.25) is 4.79 Å². The fourth-order valence-electron chi connectivity index (χ4n) is 3.77. The van der Waals surface area contributed by atoms with Gasteiger partial charge in [0.05, 0.1) is 17.6 Å². The predicted octanol–water partition coefficient (Wildman–Crippen LogP) is 5.28. The molecule has 0 unspecified atom stereocenters. The van der Waals surface area contributed by atoms with Gasteiger partial charge in [-0.05, 0) is 42.0 Å². The van der Waals surface area contributed by atoms with Crippen molar-refractivity contribution >= 4 is 45.2 Å². The minimum atomic E-state index is 0.0539. The molecule has 31 heavy (non-hydrogen) atoms. The van der Waals surface area contributed by atoms with Crippen LogP contribution in [0, 0.1) is 0 Å². The Hall–Kier alpha value is -3.09. The Balaban J connectivity index is 1.52. The molecular formula is C24H19ClN4OS. The van der Waals surface area contributed by atoms with Gasteiger partial charge in [0, 0.05) is 28.6 Å². The number of pyridine rings is 1. The van der Waals surface area contributed by atoms with Crippen LogP contribution in [-0.4, -0.2) is 19.3 Å². The van der Waals surface area contributed by atoms with Crippen LogP contribution in [0.1, 0.15) is 11.4 Å². The van der Waals surface area contributed by atoms with Crippen molar-refractivity contribution in [2.45, 2.75) is 17.5 Å². The Labute approximate surface area is 188 Å². The number of fused-ring (bicyclic) bond motifs is 2. The van der Waals surface area contributed by atoms with Gasteiger partial charge in [-0.2, -0.15) is 0 Å². The lowest BCUT2D eigenvalue weighted by Crippen LogP contribution is -2.14. The molecule has 0 saturated carbocycles. The van der Waals surface area contributed by atoms with E-state index >= 15 is 0 Å². The Morgan fingerprint density at radius 3 is 2.26 bits per heavy atom. The Bertz CT molecular complexity index is 1410. The first-order valence-electron chi connectivity index (χ1n) is 9.87. The monoisotopic (exact) mass is 446 g/mol. The number of hydrogen-bond acceptors (Lipinski definition) is 4. The largest absolute Gasteiger partial charge is 0.333 e. The number of benzene rings is 3. The fraction of sp³-hybridized carbons (Fsp3) is 0.125. The molecule has 0 atom stereocenters. The summed E-state index contributed by atoms with van der Waals surface area (Å²) in [6, 6.07) is 23.3. The van der Waals surface area contributed by atoms with E-state index in [-0.39, 0.29) is 5.43 Å². The molecule has 0 amide bonds. The van der Waals surface area contributed by atoms with Gasteiger partial charge in [0.15, 0.2) is 16.4 Å². The molecule has 0 bridgehead atoms. The summed E-state index contributed by atoms with van der Waals surface area (Å²) in [5.41, 5.74) is 2.97. The maximum absolute atomic E-state index is 12.9. The Morgan fingerprint density at radius 1 is 0.903 bits per heavy atom. The van der Waals surface area contributed by atoms with Crippen LogP contribution in [0.3, 0.4) is 0 Å². The standard InChI is InChI=1S/C24H19ClN4OS/c1-28-22(26-27-24(28)31-15-16-7-6-8-17(25)13-16)14-29-20-11-4-2-9-18(20)23(30)19-10-3-5-12-21(19)29/h2-13H,14-15H2,1H3. The number of halogens is 1. The van der Waals surface area contributed by atoms with Crippen molar-refractivity contribution in [3.63, 3.8) is 0 Å². The third-order valence-electron chi connectivity index (χ3n) is 5.36. The first-order chi connectivity index (χ1) is 15.1. The molecule has 2 aromatic heterocycles. The average molecular weight is 447 g/mol. The summed E-state index contributed by atoms with van der Waals surface area (Å²) in [4.78, 5) is 12.9. The molecule has 5 nitrogen and oxygen atoms in total. The molecule has 2 heterocycles. The van der Waals surface area contributed by atoms with Crippen molar-refractivity contribution in [2.24, 2.45) is 7.05 Å². The van der Waals surface area contributed by atoms with Crippen LogP contribution in [0.25, 0.3) is 21.8 Å². The summed E-state index contributed by atoms with van der Waals surface area (Å²) < 4.78 is 4.15. The molecular weight excluding hydrogens is 428 g/mol. The lowest BCUT2D eigenvalue weighted by Gasteiger charge is -2.15. The normalized spacial score (nSPS) is 11.4. The smallest absolute Gasteiger partial charge is 0.197 e. The Kier molecular flexibility index (Phi) is 5.26. The van der Waals surface area contributed by atoms with Crippen LogP contribution in [0.4, 0.5) is 0 Å². The highest BCUT2D eigenvalue weighted by atomic mass is 35.5. The second kappa shape index (κ2) is 8.21. The molecule has 0 N–H and O–H groups in total. The number of para-hydroxylation sites is 2. The number of thioether (sulfide) groups is 1. The van der Waals surface area contributed by atoms with Gasteiger partial charge in [0.25, 0.3) is 0 Å². The zero-order valence-electron chi connectivity index (χ0n) is 16.8. The maximum Gasteiger partial charge on any atom is 0.197 e. The maximum atomic E-state index is 12.9. The molecule has 154 valence electrons. The topological polar surface area (TPSA) is 52.7 Å². The lowest BCUT2D eigenvalue weighted by atomic mass is 10.1. The zero-order chi connectivity index (χ0) is 21.4. The van der Waals surface area contributed by atoms with Crippen molar-refractivity contribution in [1.29, 1.82) is 0 Å². The van der Waals surface area contributed by atoms with E-state index in [2.05, 4.69) is 20.8 Å². The van der Waals surface area contributed by atoms with E-state index in [1.165, 1.54) is 0 Å². The summed E-state index contributed by atoms with van der Waals surface area (Å²) >= 11 is 7.71. The number of aromatic nitrogens is 4. The van der Waals surface area contributed by atoms with E-state index in [1.54, 1.807) is 11.8 Å². The molecule has 0 aliphatic carbocycles. The molecule has 5 rings (SSSR count). The van der Waals surface area contributed by atoms with Crippen molar-refractivity contribution in [3.8, 4) is 0 Å². The van der Waals surface area contributed by atoms with Crippen LogP contribution < -0.4 is 5.43 Å². The van der Waals surface area contributed by atoms with Crippen LogP contribution in [0.5, 0.6) is 0 Å². The van der Waals surface area contributed by atoms with Crippen molar-refractivity contribution < 1.29 is 0 Å². The first-order valence-corrected chi connectivity index (χ1v) is 11.2. The van der Waals surface area contributed by atoms with Gasteiger partial charge in [0.1, 0.15) is 0 Å². The van der Waals surface area contributed by atoms with E-state index in [1.807, 2.05) is 78.3 Å². The van der Waals surface area contributed by atoms with Crippen LogP contribution in [0.2, 0.25) is 5.02 Å². The van der Waals surface area contributed by atoms with E-state index in [0.717, 1.165) is 38.4 Å². The molecule has 0 aliphatic rings. The number of rotatable bonds is 5. The first kappa shape index (κ1) is 19.8. The van der Waals surface area contributed by atoms with Gasteiger partial charge in [-0.1, -0.05) is 59.8 Å². The molecule has 0 spiro atoms. The second-order valence-electron chi connectivity index (χ2n) is 7.33. The van der Waals surface area contributed by atoms with Crippen LogP contribution in [0.15, 0.2) is 82.7 Å². The Morgan fingerprint density at radius 2 is 1.58 bits per heavy atom. The molecule has 0 fully saturated rings. The third kappa shape index (κ3) is 3.73. The molecule has 0 aliphatic heterocycles. The molecule has 7 heteroatoms. The van der Waals surface area contributed by atoms with Crippen molar-refractivity contribution in [3.05, 3.63) is 99.4 Å². The fourth-order valence-corrected chi connectivity index (χ4v) is 4.86. The van der Waals surface area contributed by atoms with E-state index in [4.69, 9.17) is 11.6 Å². The van der Waals surface area contributed by atoms with Gasteiger partial charge in [-0.15, -0.1) is 10.2 Å². The molecule has 0 saturated heterocycles. The predicted molar refractivity (Wildman–Crippen MR) is 127 cm³/mol. The van der Waals surface area contributed by atoms with Crippen molar-refractivity contribution in [1.82, 2.24) is 19.3 Å². The summed E-state index contributed by atoms with van der Waals surface area (Å²) in [6.07, 6.45) is 0. The van der Waals surface area contributed by atoms with Gasteiger partial charge in [0.2, 0.25) is 0 Å². The molecule has 0 radical (unpaired) electrons. The molecule has 3 aromatic carbocycles. The highest BCUT2D eigenvalue weighted by Gasteiger charge is 2.15. The van der Waals surface area contributed by atoms with E-state index < -0.39 is 0 Å². The SMILES string of the molecule is Cn1c(Cn2c3ccccc3c(=O)c3ccccc32)nnc1SCc1cccc(Cl)c1. The summed E-state index contributed by atoms with van der Waals surface area (Å²) in [6.45, 7) is 0.516. The number of nitrogens with zero attached hydrogens (tertiary/aromatic N) is 4. The highest BCUT2D eigenvalue weighted by Crippen LogP contribution is 2.24. The van der Waals surface area contributed by atoms with Gasteiger partial charge >= 0.3 is 0 Å². The zero-order valence-corrected chi connectivity index (χ0v) is 18.4. The summed E-state index contributed by atoms with van der Waals surface area (Å²) in [5.74, 6) is 1.59. The van der Waals surface area contributed by atoms with Gasteiger partial charge < -0.3 is 9.13 Å². The lowest BCUT2D eigenvalue weighted by molar-refractivity contribution is 0.696. The second-order valence-corrected chi connectivity index (χ2v) is 8.70. The minimum absolute atomic E-state index is 0.0539. The van der Waals surface area contributed by atoms with Gasteiger partial charge in [-0.25, -0.2) is 0 Å². The van der Waals surface area contributed by atoms with Crippen LogP contribution >= 0.6 is 23.4 Å². The summed E-state index contributed by atoms with van der Waals surface area (Å²) in [5, 5.41) is 11.8. The van der Waals surface area contributed by atoms with Crippen LogP contribution in [-0.2, 0) is 19.3 Å². The highest BCUT2D eigenvalue weighted by molar-refractivity contribution is 7.98. The van der Waals surface area contributed by atoms with E-state index in [0.29, 0.717) is 17.3 Å². The number of hydrogen-bond donors (Lipinski definition) is 0. The third-order valence-corrected chi connectivity index (χ3v) is 6.69. The quantitative estimate of drug-likeness (QED) is 0.272. The molecule has 5 aromatic rings. The van der Waals surface area contributed by atoms with Crippen molar-refractivity contribution in [2.75, 3.05) is 0 Å². The average Bonchev–Trinajstić information content (AvgIpc) is 3.14. The van der Waals surface area contributed by atoms with E-state index in [9.17, 15) is 4.79 Å².